The van der Waals surface area contributed by atoms with Crippen molar-refractivity contribution in [2.24, 2.45) is 5.92 Å². The number of nitrogens with zero attached hydrogens (tertiary/aromatic N) is 1. The first kappa shape index (κ1) is 15.3. The molecule has 1 fully saturated rings. The van der Waals surface area contributed by atoms with Crippen LogP contribution < -0.4 is 4.74 Å². The van der Waals surface area contributed by atoms with Gasteiger partial charge in [-0.1, -0.05) is 6.92 Å². The van der Waals surface area contributed by atoms with Crippen molar-refractivity contribution in [3.63, 3.8) is 0 Å². The van der Waals surface area contributed by atoms with Crippen LogP contribution in [0.4, 0.5) is 0 Å². The van der Waals surface area contributed by atoms with Crippen LogP contribution in [0.15, 0.2) is 17.0 Å². The molecule has 2 rings (SSSR count). The van der Waals surface area contributed by atoms with E-state index in [2.05, 4.69) is 6.92 Å². The zero-order chi connectivity index (χ0) is 14.9. The van der Waals surface area contributed by atoms with Crippen LogP contribution in [-0.2, 0) is 10.0 Å². The van der Waals surface area contributed by atoms with E-state index in [9.17, 15) is 8.42 Å². The number of hydrogen-bond acceptors (Lipinski definition) is 3. The Morgan fingerprint density at radius 3 is 2.35 bits per heavy atom. The minimum absolute atomic E-state index is 0.377. The van der Waals surface area contributed by atoms with Gasteiger partial charge in [-0.2, -0.15) is 4.31 Å². The summed E-state index contributed by atoms with van der Waals surface area (Å²) in [7, 11) is -1.78. The predicted octanol–water partition coefficient (Wildman–Crippen LogP) is 2.73. The van der Waals surface area contributed by atoms with E-state index in [1.807, 2.05) is 13.8 Å². The largest absolute Gasteiger partial charge is 0.496 e. The zero-order valence-electron chi connectivity index (χ0n) is 12.6. The first-order chi connectivity index (χ1) is 9.36. The molecule has 0 N–H and O–H groups in total. The Morgan fingerprint density at radius 1 is 1.25 bits per heavy atom. The van der Waals surface area contributed by atoms with Gasteiger partial charge in [0.15, 0.2) is 0 Å². The van der Waals surface area contributed by atoms with Crippen LogP contribution in [0.1, 0.15) is 30.9 Å². The average molecular weight is 297 g/mol. The molecule has 0 aromatic heterocycles. The maximum absolute atomic E-state index is 12.7. The van der Waals surface area contributed by atoms with Crippen molar-refractivity contribution >= 4 is 10.0 Å². The number of sulfonamides is 1. The van der Waals surface area contributed by atoms with Gasteiger partial charge in [-0.15, -0.1) is 0 Å². The Morgan fingerprint density at radius 2 is 1.85 bits per heavy atom. The lowest BCUT2D eigenvalue weighted by molar-refractivity contribution is 0.281. The van der Waals surface area contributed by atoms with Gasteiger partial charge in [0, 0.05) is 13.1 Å². The highest BCUT2D eigenvalue weighted by atomic mass is 32.2. The van der Waals surface area contributed by atoms with Gasteiger partial charge in [-0.25, -0.2) is 8.42 Å². The van der Waals surface area contributed by atoms with Crippen molar-refractivity contribution in [3.05, 3.63) is 23.3 Å². The molecule has 1 unspecified atom stereocenters. The molecule has 1 aromatic rings. The fourth-order valence-corrected chi connectivity index (χ4v) is 4.66. The standard InChI is InChI=1S/C15H23NO3S/c1-11-6-5-7-16(10-11)20(17,18)14-8-12(2)15(19-4)13(3)9-14/h8-9,11H,5-7,10H2,1-4H3. The Kier molecular flexibility index (Phi) is 4.39. The van der Waals surface area contributed by atoms with E-state index in [1.54, 1.807) is 23.5 Å². The van der Waals surface area contributed by atoms with Crippen LogP contribution in [0, 0.1) is 19.8 Å². The number of methoxy groups -OCH3 is 1. The van der Waals surface area contributed by atoms with Gasteiger partial charge in [0.25, 0.3) is 0 Å². The number of ether oxygens (including phenoxy) is 1. The first-order valence-electron chi connectivity index (χ1n) is 7.01. The highest BCUT2D eigenvalue weighted by molar-refractivity contribution is 7.89. The van der Waals surface area contributed by atoms with E-state index in [4.69, 9.17) is 4.74 Å². The van der Waals surface area contributed by atoms with Gasteiger partial charge in [-0.05, 0) is 55.9 Å². The SMILES string of the molecule is COc1c(C)cc(S(=O)(=O)N2CCCC(C)C2)cc1C. The number of piperidine rings is 1. The zero-order valence-corrected chi connectivity index (χ0v) is 13.5. The molecule has 0 spiro atoms. The maximum atomic E-state index is 12.7. The van der Waals surface area contributed by atoms with Gasteiger partial charge in [0.05, 0.1) is 12.0 Å². The summed E-state index contributed by atoms with van der Waals surface area (Å²) in [5.41, 5.74) is 1.72. The van der Waals surface area contributed by atoms with Crippen LogP contribution in [0.2, 0.25) is 0 Å². The van der Waals surface area contributed by atoms with Gasteiger partial charge in [0.2, 0.25) is 10.0 Å². The molecule has 4 nitrogen and oxygen atoms in total. The second-order valence-electron chi connectivity index (χ2n) is 5.70. The number of benzene rings is 1. The second kappa shape index (κ2) is 5.74. The molecule has 1 aliphatic rings. The summed E-state index contributed by atoms with van der Waals surface area (Å²) in [6, 6.07) is 3.42. The van der Waals surface area contributed by atoms with Gasteiger partial charge in [-0.3, -0.25) is 0 Å². The smallest absolute Gasteiger partial charge is 0.243 e. The van der Waals surface area contributed by atoms with E-state index >= 15 is 0 Å². The fourth-order valence-electron chi connectivity index (χ4n) is 2.90. The molecule has 0 amide bonds. The molecule has 0 radical (unpaired) electrons. The van der Waals surface area contributed by atoms with Crippen molar-refractivity contribution in [3.8, 4) is 5.75 Å². The summed E-state index contributed by atoms with van der Waals surface area (Å²) in [6.45, 7) is 7.10. The Balaban J connectivity index is 2.39. The molecule has 1 aromatic carbocycles. The number of aryl methyl sites for hydroxylation is 2. The third kappa shape index (κ3) is 2.83. The molecule has 1 heterocycles. The van der Waals surface area contributed by atoms with Crippen molar-refractivity contribution in [2.45, 2.75) is 38.5 Å². The highest BCUT2D eigenvalue weighted by Crippen LogP contribution is 2.29. The normalized spacial score (nSPS) is 20.9. The lowest BCUT2D eigenvalue weighted by atomic mass is 10.0. The van der Waals surface area contributed by atoms with Crippen LogP contribution >= 0.6 is 0 Å². The minimum Gasteiger partial charge on any atom is -0.496 e. The summed E-state index contributed by atoms with van der Waals surface area (Å²) < 4.78 is 32.4. The van der Waals surface area contributed by atoms with E-state index in [0.29, 0.717) is 23.9 Å². The first-order valence-corrected chi connectivity index (χ1v) is 8.45. The third-order valence-corrected chi connectivity index (χ3v) is 5.74. The molecule has 112 valence electrons. The number of hydrogen-bond donors (Lipinski definition) is 0. The van der Waals surface area contributed by atoms with Crippen LogP contribution in [0.3, 0.4) is 0 Å². The number of rotatable bonds is 3. The summed E-state index contributed by atoms with van der Waals surface area (Å²) in [5.74, 6) is 1.19. The average Bonchev–Trinajstić information content (AvgIpc) is 2.38. The van der Waals surface area contributed by atoms with Crippen molar-refractivity contribution in [2.75, 3.05) is 20.2 Å². The van der Waals surface area contributed by atoms with Crippen LogP contribution in [0.5, 0.6) is 5.75 Å². The molecule has 0 bridgehead atoms. The van der Waals surface area contributed by atoms with Crippen molar-refractivity contribution in [1.29, 1.82) is 0 Å². The van der Waals surface area contributed by atoms with Crippen molar-refractivity contribution < 1.29 is 13.2 Å². The van der Waals surface area contributed by atoms with Gasteiger partial charge in [0.1, 0.15) is 5.75 Å². The Hall–Kier alpha value is -1.07. The maximum Gasteiger partial charge on any atom is 0.243 e. The topological polar surface area (TPSA) is 46.6 Å². The lowest BCUT2D eigenvalue weighted by Gasteiger charge is -2.30. The molecule has 1 aliphatic heterocycles. The Labute approximate surface area is 121 Å². The second-order valence-corrected chi connectivity index (χ2v) is 7.64. The Bertz CT molecular complexity index is 572. The van der Waals surface area contributed by atoms with E-state index in [0.717, 1.165) is 29.7 Å². The molecule has 20 heavy (non-hydrogen) atoms. The van der Waals surface area contributed by atoms with Gasteiger partial charge >= 0.3 is 0 Å². The summed E-state index contributed by atoms with van der Waals surface area (Å²) in [4.78, 5) is 0.377. The molecule has 1 atom stereocenters. The lowest BCUT2D eigenvalue weighted by Crippen LogP contribution is -2.39. The molecule has 0 saturated carbocycles. The van der Waals surface area contributed by atoms with E-state index < -0.39 is 10.0 Å². The van der Waals surface area contributed by atoms with Gasteiger partial charge < -0.3 is 4.74 Å². The summed E-state index contributed by atoms with van der Waals surface area (Å²) in [6.07, 6.45) is 2.04. The van der Waals surface area contributed by atoms with Crippen molar-refractivity contribution in [1.82, 2.24) is 4.31 Å². The quantitative estimate of drug-likeness (QED) is 0.862. The predicted molar refractivity (Wildman–Crippen MR) is 79.6 cm³/mol. The van der Waals surface area contributed by atoms with E-state index in [1.165, 1.54) is 0 Å². The summed E-state index contributed by atoms with van der Waals surface area (Å²) in [5, 5.41) is 0. The van der Waals surface area contributed by atoms with Crippen LogP contribution in [0.25, 0.3) is 0 Å². The minimum atomic E-state index is -3.39. The molecular weight excluding hydrogens is 274 g/mol. The third-order valence-electron chi connectivity index (χ3n) is 3.90. The highest BCUT2D eigenvalue weighted by Gasteiger charge is 2.29. The molecular formula is C15H23NO3S. The van der Waals surface area contributed by atoms with Crippen LogP contribution in [-0.4, -0.2) is 32.9 Å². The molecule has 0 aliphatic carbocycles. The van der Waals surface area contributed by atoms with E-state index in [-0.39, 0.29) is 0 Å². The monoisotopic (exact) mass is 297 g/mol. The molecule has 1 saturated heterocycles. The molecule has 5 heteroatoms. The summed E-state index contributed by atoms with van der Waals surface area (Å²) >= 11 is 0. The fraction of sp³-hybridized carbons (Fsp3) is 0.600.